The Hall–Kier alpha value is -2.26. The van der Waals surface area contributed by atoms with E-state index in [2.05, 4.69) is 67.1 Å². The van der Waals surface area contributed by atoms with Gasteiger partial charge in [-0.3, -0.25) is 0 Å². The van der Waals surface area contributed by atoms with Crippen LogP contribution < -0.4 is 4.74 Å². The fraction of sp³-hybridized carbons (Fsp3) is 0.364. The summed E-state index contributed by atoms with van der Waals surface area (Å²) in [5.74, 6) is 1.51. The van der Waals surface area contributed by atoms with Crippen molar-refractivity contribution in [3.05, 3.63) is 66.4 Å². The standard InChI is InChI=1S/C22H27NO2/c1-3-18(2)19-8-10-21(11-9-19)25-17-16-24-15-14-23-13-12-20-6-4-5-7-22(20)23/h4-13,18H,3,14-17H2,1-2H3. The van der Waals surface area contributed by atoms with E-state index < -0.39 is 0 Å². The van der Waals surface area contributed by atoms with E-state index in [1.807, 2.05) is 12.1 Å². The van der Waals surface area contributed by atoms with E-state index in [9.17, 15) is 0 Å². The van der Waals surface area contributed by atoms with Crippen LogP contribution in [-0.2, 0) is 11.3 Å². The fourth-order valence-corrected chi connectivity index (χ4v) is 2.95. The molecular weight excluding hydrogens is 310 g/mol. The third-order valence-corrected chi connectivity index (χ3v) is 4.71. The lowest BCUT2D eigenvalue weighted by atomic mass is 9.99. The number of ether oxygens (including phenoxy) is 2. The summed E-state index contributed by atoms with van der Waals surface area (Å²) in [6.45, 7) is 7.19. The summed E-state index contributed by atoms with van der Waals surface area (Å²) < 4.78 is 13.7. The zero-order valence-corrected chi connectivity index (χ0v) is 15.2. The Labute approximate surface area is 150 Å². The number of rotatable bonds is 9. The van der Waals surface area contributed by atoms with Gasteiger partial charge in [0.1, 0.15) is 12.4 Å². The van der Waals surface area contributed by atoms with Gasteiger partial charge in [-0.15, -0.1) is 0 Å². The maximum atomic E-state index is 5.75. The monoisotopic (exact) mass is 337 g/mol. The Balaban J connectivity index is 1.36. The number of hydrogen-bond acceptors (Lipinski definition) is 2. The molecule has 0 amide bonds. The summed E-state index contributed by atoms with van der Waals surface area (Å²) in [5, 5.41) is 1.27. The number of fused-ring (bicyclic) bond motifs is 1. The van der Waals surface area contributed by atoms with E-state index in [0.29, 0.717) is 25.7 Å². The molecule has 0 N–H and O–H groups in total. The molecule has 1 atom stereocenters. The van der Waals surface area contributed by atoms with Crippen LogP contribution >= 0.6 is 0 Å². The van der Waals surface area contributed by atoms with Crippen LogP contribution in [0.3, 0.4) is 0 Å². The van der Waals surface area contributed by atoms with E-state index >= 15 is 0 Å². The zero-order valence-electron chi connectivity index (χ0n) is 15.2. The van der Waals surface area contributed by atoms with Crippen LogP contribution in [0.5, 0.6) is 5.75 Å². The van der Waals surface area contributed by atoms with Crippen molar-refractivity contribution in [2.24, 2.45) is 0 Å². The molecule has 3 rings (SSSR count). The van der Waals surface area contributed by atoms with E-state index in [-0.39, 0.29) is 0 Å². The molecule has 0 aliphatic rings. The summed E-state index contributed by atoms with van der Waals surface area (Å²) in [5.41, 5.74) is 2.62. The third-order valence-electron chi connectivity index (χ3n) is 4.71. The highest BCUT2D eigenvalue weighted by Crippen LogP contribution is 2.21. The molecule has 1 heterocycles. The van der Waals surface area contributed by atoms with E-state index in [4.69, 9.17) is 9.47 Å². The van der Waals surface area contributed by atoms with Crippen LogP contribution in [0.4, 0.5) is 0 Å². The normalized spacial score (nSPS) is 12.4. The van der Waals surface area contributed by atoms with Gasteiger partial charge < -0.3 is 14.0 Å². The molecule has 0 spiro atoms. The number of aromatic nitrogens is 1. The lowest BCUT2D eigenvalue weighted by Gasteiger charge is -2.11. The minimum atomic E-state index is 0.578. The fourth-order valence-electron chi connectivity index (χ4n) is 2.95. The Morgan fingerprint density at radius 1 is 0.920 bits per heavy atom. The summed E-state index contributed by atoms with van der Waals surface area (Å²) in [4.78, 5) is 0. The molecule has 0 aliphatic heterocycles. The van der Waals surface area contributed by atoms with Gasteiger partial charge >= 0.3 is 0 Å². The van der Waals surface area contributed by atoms with E-state index in [1.54, 1.807) is 0 Å². The molecule has 0 fully saturated rings. The van der Waals surface area contributed by atoms with Crippen molar-refractivity contribution < 1.29 is 9.47 Å². The highest BCUT2D eigenvalue weighted by molar-refractivity contribution is 5.79. The largest absolute Gasteiger partial charge is 0.491 e. The molecule has 2 aromatic carbocycles. The van der Waals surface area contributed by atoms with Crippen molar-refractivity contribution >= 4 is 10.9 Å². The van der Waals surface area contributed by atoms with Gasteiger partial charge in [0.2, 0.25) is 0 Å². The molecule has 3 nitrogen and oxygen atoms in total. The Kier molecular flexibility index (Phi) is 6.13. The summed E-state index contributed by atoms with van der Waals surface area (Å²) in [6.07, 6.45) is 3.27. The number of para-hydroxylation sites is 1. The van der Waals surface area contributed by atoms with Crippen LogP contribution in [0.2, 0.25) is 0 Å². The molecule has 0 saturated heterocycles. The van der Waals surface area contributed by atoms with Gasteiger partial charge in [0.25, 0.3) is 0 Å². The quantitative estimate of drug-likeness (QED) is 0.498. The SMILES string of the molecule is CCC(C)c1ccc(OCCOCCn2ccc3ccccc32)cc1. The topological polar surface area (TPSA) is 23.4 Å². The summed E-state index contributed by atoms with van der Waals surface area (Å²) in [6, 6.07) is 19.0. The van der Waals surface area contributed by atoms with Crippen molar-refractivity contribution in [3.8, 4) is 5.75 Å². The predicted molar refractivity (Wildman–Crippen MR) is 103 cm³/mol. The van der Waals surface area contributed by atoms with Crippen LogP contribution in [-0.4, -0.2) is 24.4 Å². The van der Waals surface area contributed by atoms with Crippen LogP contribution in [0.1, 0.15) is 31.7 Å². The van der Waals surface area contributed by atoms with Gasteiger partial charge in [-0.25, -0.2) is 0 Å². The average Bonchev–Trinajstić information content (AvgIpc) is 3.07. The minimum Gasteiger partial charge on any atom is -0.491 e. The first-order chi connectivity index (χ1) is 12.3. The van der Waals surface area contributed by atoms with Crippen molar-refractivity contribution in [3.63, 3.8) is 0 Å². The van der Waals surface area contributed by atoms with E-state index in [1.165, 1.54) is 16.5 Å². The second kappa shape index (κ2) is 8.72. The molecule has 25 heavy (non-hydrogen) atoms. The van der Waals surface area contributed by atoms with Crippen LogP contribution in [0, 0.1) is 0 Å². The van der Waals surface area contributed by atoms with Crippen molar-refractivity contribution in [2.45, 2.75) is 32.7 Å². The Morgan fingerprint density at radius 2 is 1.72 bits per heavy atom. The Morgan fingerprint density at radius 3 is 2.52 bits per heavy atom. The van der Waals surface area contributed by atoms with Gasteiger partial charge in [-0.2, -0.15) is 0 Å². The summed E-state index contributed by atoms with van der Waals surface area (Å²) >= 11 is 0. The molecule has 3 aromatic rings. The Bertz CT molecular complexity index is 776. The molecular formula is C22H27NO2. The van der Waals surface area contributed by atoms with Gasteiger partial charge in [-0.1, -0.05) is 44.2 Å². The van der Waals surface area contributed by atoms with Gasteiger partial charge in [-0.05, 0) is 47.6 Å². The highest BCUT2D eigenvalue weighted by atomic mass is 16.5. The third kappa shape index (κ3) is 4.64. The first-order valence-electron chi connectivity index (χ1n) is 9.12. The predicted octanol–water partition coefficient (Wildman–Crippen LogP) is 5.25. The molecule has 0 radical (unpaired) electrons. The van der Waals surface area contributed by atoms with Crippen molar-refractivity contribution in [1.82, 2.24) is 4.57 Å². The average molecular weight is 337 g/mol. The van der Waals surface area contributed by atoms with Crippen molar-refractivity contribution in [2.75, 3.05) is 19.8 Å². The van der Waals surface area contributed by atoms with Crippen molar-refractivity contribution in [1.29, 1.82) is 0 Å². The minimum absolute atomic E-state index is 0.578. The van der Waals surface area contributed by atoms with Gasteiger partial charge in [0.05, 0.1) is 13.2 Å². The lowest BCUT2D eigenvalue weighted by molar-refractivity contribution is 0.0949. The van der Waals surface area contributed by atoms with Crippen LogP contribution in [0.25, 0.3) is 10.9 Å². The number of benzene rings is 2. The molecule has 3 heteroatoms. The van der Waals surface area contributed by atoms with Gasteiger partial charge in [0, 0.05) is 18.3 Å². The zero-order chi connectivity index (χ0) is 17.5. The highest BCUT2D eigenvalue weighted by Gasteiger charge is 2.03. The maximum absolute atomic E-state index is 5.75. The first kappa shape index (κ1) is 17.6. The van der Waals surface area contributed by atoms with E-state index in [0.717, 1.165) is 18.7 Å². The maximum Gasteiger partial charge on any atom is 0.119 e. The van der Waals surface area contributed by atoms with Crippen LogP contribution in [0.15, 0.2) is 60.8 Å². The smallest absolute Gasteiger partial charge is 0.119 e. The molecule has 0 saturated carbocycles. The second-order valence-corrected chi connectivity index (χ2v) is 6.41. The number of nitrogens with zero attached hydrogens (tertiary/aromatic N) is 1. The molecule has 1 unspecified atom stereocenters. The van der Waals surface area contributed by atoms with Gasteiger partial charge in [0.15, 0.2) is 0 Å². The lowest BCUT2D eigenvalue weighted by Crippen LogP contribution is -2.11. The number of hydrogen-bond donors (Lipinski definition) is 0. The second-order valence-electron chi connectivity index (χ2n) is 6.41. The molecule has 1 aromatic heterocycles. The first-order valence-corrected chi connectivity index (χ1v) is 9.12. The molecule has 132 valence electrons. The molecule has 0 bridgehead atoms. The summed E-state index contributed by atoms with van der Waals surface area (Å²) in [7, 11) is 0. The molecule has 0 aliphatic carbocycles.